The van der Waals surface area contributed by atoms with Crippen LogP contribution in [0.4, 0.5) is 11.4 Å². The minimum Gasteiger partial charge on any atom is -0.478 e. The summed E-state index contributed by atoms with van der Waals surface area (Å²) in [6.45, 7) is 2.65. The molecule has 1 aliphatic heterocycles. The molecule has 0 unspecified atom stereocenters. The number of carboxylic acid groups (broad SMARTS) is 1. The molecule has 0 bridgehead atoms. The summed E-state index contributed by atoms with van der Waals surface area (Å²) >= 11 is 0. The number of amides is 2. The topological polar surface area (TPSA) is 89.9 Å². The molecule has 1 saturated heterocycles. The minimum atomic E-state index is -1.05. The maximum Gasteiger partial charge on any atom is 0.332 e. The first-order chi connectivity index (χ1) is 15.5. The summed E-state index contributed by atoms with van der Waals surface area (Å²) in [6, 6.07) is 17.0. The van der Waals surface area contributed by atoms with Crippen molar-refractivity contribution in [2.45, 2.75) is 25.7 Å². The standard InChI is InChI=1S/C25H27N3O4/c29-23(19-10-4-5-11-20(19)25(31)32)26-22-13-7-6-12-21(22)24(30)28-16-14-27(15-17-28)18-8-2-1-3-9-18/h1-3,6-9,12-13H,4-5,10-11,14-17H2,(H,26,29)(H,31,32). The van der Waals surface area contributed by atoms with Gasteiger partial charge in [0.2, 0.25) is 0 Å². The van der Waals surface area contributed by atoms with E-state index in [1.165, 1.54) is 0 Å². The van der Waals surface area contributed by atoms with Gasteiger partial charge in [-0.05, 0) is 49.9 Å². The quantitative estimate of drug-likeness (QED) is 0.753. The van der Waals surface area contributed by atoms with Gasteiger partial charge in [-0.1, -0.05) is 30.3 Å². The van der Waals surface area contributed by atoms with Crippen molar-refractivity contribution in [3.63, 3.8) is 0 Å². The Morgan fingerprint density at radius 2 is 1.41 bits per heavy atom. The second kappa shape index (κ2) is 9.68. The largest absolute Gasteiger partial charge is 0.478 e. The number of hydrogen-bond donors (Lipinski definition) is 2. The van der Waals surface area contributed by atoms with Crippen molar-refractivity contribution in [3.8, 4) is 0 Å². The van der Waals surface area contributed by atoms with E-state index in [0.717, 1.165) is 31.6 Å². The van der Waals surface area contributed by atoms with Crippen molar-refractivity contribution in [2.75, 3.05) is 36.4 Å². The molecule has 0 saturated carbocycles. The maximum atomic E-state index is 13.2. The van der Waals surface area contributed by atoms with Crippen LogP contribution in [0.15, 0.2) is 65.7 Å². The summed E-state index contributed by atoms with van der Waals surface area (Å²) in [7, 11) is 0. The van der Waals surface area contributed by atoms with Crippen LogP contribution in [0.25, 0.3) is 0 Å². The Morgan fingerprint density at radius 3 is 2.09 bits per heavy atom. The highest BCUT2D eigenvalue weighted by atomic mass is 16.4. The smallest absolute Gasteiger partial charge is 0.332 e. The summed E-state index contributed by atoms with van der Waals surface area (Å²) in [5.41, 5.74) is 2.46. The number of carboxylic acids is 1. The molecule has 0 spiro atoms. The zero-order valence-corrected chi connectivity index (χ0v) is 17.9. The van der Waals surface area contributed by atoms with E-state index >= 15 is 0 Å². The van der Waals surface area contributed by atoms with Gasteiger partial charge in [-0.2, -0.15) is 0 Å². The lowest BCUT2D eigenvalue weighted by molar-refractivity contribution is -0.133. The number of rotatable bonds is 5. The second-order valence-electron chi connectivity index (χ2n) is 8.08. The molecule has 0 aromatic heterocycles. The number of piperazine rings is 1. The molecule has 1 heterocycles. The van der Waals surface area contributed by atoms with Gasteiger partial charge in [0, 0.05) is 43.0 Å². The maximum absolute atomic E-state index is 13.2. The van der Waals surface area contributed by atoms with Crippen LogP contribution in [0.2, 0.25) is 0 Å². The molecule has 7 heteroatoms. The van der Waals surface area contributed by atoms with E-state index in [2.05, 4.69) is 22.3 Å². The Bertz CT molecular complexity index is 1040. The Kier molecular flexibility index (Phi) is 6.54. The summed E-state index contributed by atoms with van der Waals surface area (Å²) in [6.07, 6.45) is 2.38. The molecule has 1 aliphatic carbocycles. The highest BCUT2D eigenvalue weighted by Crippen LogP contribution is 2.27. The molecule has 0 radical (unpaired) electrons. The van der Waals surface area contributed by atoms with Crippen LogP contribution in [0, 0.1) is 0 Å². The van der Waals surface area contributed by atoms with Gasteiger partial charge in [-0.3, -0.25) is 9.59 Å². The van der Waals surface area contributed by atoms with Gasteiger partial charge >= 0.3 is 5.97 Å². The van der Waals surface area contributed by atoms with Crippen LogP contribution in [0.5, 0.6) is 0 Å². The number of aliphatic carboxylic acids is 1. The van der Waals surface area contributed by atoms with Gasteiger partial charge in [-0.25, -0.2) is 4.79 Å². The zero-order valence-electron chi connectivity index (χ0n) is 17.9. The SMILES string of the molecule is O=C(O)C1=C(C(=O)Nc2ccccc2C(=O)N2CCN(c3ccccc3)CC2)CCCC1. The number of hydrogen-bond acceptors (Lipinski definition) is 4. The second-order valence-corrected chi connectivity index (χ2v) is 8.08. The molecular weight excluding hydrogens is 406 g/mol. The van der Waals surface area contributed by atoms with E-state index in [0.29, 0.717) is 42.8 Å². The van der Waals surface area contributed by atoms with Crippen molar-refractivity contribution < 1.29 is 19.5 Å². The highest BCUT2D eigenvalue weighted by Gasteiger charge is 2.27. The molecule has 0 atom stereocenters. The predicted octanol–water partition coefficient (Wildman–Crippen LogP) is 3.54. The van der Waals surface area contributed by atoms with E-state index in [9.17, 15) is 19.5 Å². The Morgan fingerprint density at radius 1 is 0.781 bits per heavy atom. The van der Waals surface area contributed by atoms with Crippen molar-refractivity contribution in [1.29, 1.82) is 0 Å². The minimum absolute atomic E-state index is 0.135. The van der Waals surface area contributed by atoms with E-state index < -0.39 is 11.9 Å². The number of anilines is 2. The first-order valence-electron chi connectivity index (χ1n) is 11.0. The fraction of sp³-hybridized carbons (Fsp3) is 0.320. The fourth-order valence-corrected chi connectivity index (χ4v) is 4.35. The van der Waals surface area contributed by atoms with Crippen molar-refractivity contribution in [2.24, 2.45) is 0 Å². The van der Waals surface area contributed by atoms with Gasteiger partial charge in [0.25, 0.3) is 11.8 Å². The third-order valence-corrected chi connectivity index (χ3v) is 6.09. The molecule has 32 heavy (non-hydrogen) atoms. The van der Waals surface area contributed by atoms with Crippen molar-refractivity contribution >= 4 is 29.2 Å². The molecule has 2 amide bonds. The first kappa shape index (κ1) is 21.6. The molecule has 7 nitrogen and oxygen atoms in total. The molecule has 2 aromatic rings. The summed E-state index contributed by atoms with van der Waals surface area (Å²) in [5, 5.41) is 12.2. The number of carbonyl (C=O) groups excluding carboxylic acids is 2. The average Bonchev–Trinajstić information content (AvgIpc) is 2.84. The highest BCUT2D eigenvalue weighted by molar-refractivity contribution is 6.11. The lowest BCUT2D eigenvalue weighted by atomic mass is 9.91. The number of carbonyl (C=O) groups is 3. The third kappa shape index (κ3) is 4.66. The summed E-state index contributed by atoms with van der Waals surface area (Å²) < 4.78 is 0. The van der Waals surface area contributed by atoms with Crippen LogP contribution in [0.1, 0.15) is 36.0 Å². The molecule has 1 fully saturated rings. The summed E-state index contributed by atoms with van der Waals surface area (Å²) in [5.74, 6) is -1.61. The lowest BCUT2D eigenvalue weighted by Crippen LogP contribution is -2.49. The number of nitrogens with zero attached hydrogens (tertiary/aromatic N) is 2. The molecule has 2 aromatic carbocycles. The van der Waals surface area contributed by atoms with E-state index in [1.54, 1.807) is 29.2 Å². The zero-order chi connectivity index (χ0) is 22.5. The van der Waals surface area contributed by atoms with Gasteiger partial charge in [0.15, 0.2) is 0 Å². The molecule has 166 valence electrons. The van der Waals surface area contributed by atoms with Gasteiger partial charge in [0.05, 0.1) is 11.3 Å². The van der Waals surface area contributed by atoms with Crippen LogP contribution >= 0.6 is 0 Å². The van der Waals surface area contributed by atoms with E-state index in [4.69, 9.17) is 0 Å². The van der Waals surface area contributed by atoms with Crippen LogP contribution < -0.4 is 10.2 Å². The number of benzene rings is 2. The van der Waals surface area contributed by atoms with Crippen molar-refractivity contribution in [1.82, 2.24) is 4.90 Å². The van der Waals surface area contributed by atoms with Crippen LogP contribution in [-0.4, -0.2) is 54.0 Å². The van der Waals surface area contributed by atoms with E-state index in [1.807, 2.05) is 18.2 Å². The Hall–Kier alpha value is -3.61. The van der Waals surface area contributed by atoms with Gasteiger partial charge < -0.3 is 20.2 Å². The number of para-hydroxylation sites is 2. The average molecular weight is 434 g/mol. The van der Waals surface area contributed by atoms with Crippen LogP contribution in [-0.2, 0) is 9.59 Å². The predicted molar refractivity (Wildman–Crippen MR) is 123 cm³/mol. The molecule has 2 aliphatic rings. The van der Waals surface area contributed by atoms with Crippen molar-refractivity contribution in [3.05, 3.63) is 71.3 Å². The molecular formula is C25H27N3O4. The van der Waals surface area contributed by atoms with Crippen LogP contribution in [0.3, 0.4) is 0 Å². The fourth-order valence-electron chi connectivity index (χ4n) is 4.35. The lowest BCUT2D eigenvalue weighted by Gasteiger charge is -2.36. The molecule has 2 N–H and O–H groups in total. The third-order valence-electron chi connectivity index (χ3n) is 6.09. The first-order valence-corrected chi connectivity index (χ1v) is 11.0. The number of nitrogens with one attached hydrogen (secondary N) is 1. The van der Waals surface area contributed by atoms with E-state index in [-0.39, 0.29) is 11.5 Å². The normalized spacial score (nSPS) is 16.6. The summed E-state index contributed by atoms with van der Waals surface area (Å²) in [4.78, 5) is 41.7. The monoisotopic (exact) mass is 433 g/mol. The molecule has 4 rings (SSSR count). The van der Waals surface area contributed by atoms with Gasteiger partial charge in [-0.15, -0.1) is 0 Å². The Labute approximate surface area is 187 Å². The van der Waals surface area contributed by atoms with Gasteiger partial charge in [0.1, 0.15) is 0 Å². The Balaban J connectivity index is 1.47.